The van der Waals surface area contributed by atoms with Gasteiger partial charge in [-0.05, 0) is 62.1 Å². The van der Waals surface area contributed by atoms with Crippen LogP contribution in [0.2, 0.25) is 10.0 Å². The molecule has 0 spiro atoms. The number of aromatic nitrogens is 3. The number of nitrogens with zero attached hydrogens (tertiary/aromatic N) is 6. The van der Waals surface area contributed by atoms with Gasteiger partial charge in [-0.25, -0.2) is 9.78 Å². The maximum atomic E-state index is 11.9. The van der Waals surface area contributed by atoms with Gasteiger partial charge in [0.25, 0.3) is 5.79 Å². The highest BCUT2D eigenvalue weighted by molar-refractivity contribution is 6.35. The van der Waals surface area contributed by atoms with Crippen LogP contribution in [0.4, 0.5) is 5.69 Å². The number of nitriles is 1. The third-order valence-electron chi connectivity index (χ3n) is 10.1. The second kappa shape index (κ2) is 10.8. The van der Waals surface area contributed by atoms with Gasteiger partial charge in [-0.15, -0.1) is 0 Å². The predicted molar refractivity (Wildman–Crippen MR) is 172 cm³/mol. The van der Waals surface area contributed by atoms with E-state index < -0.39 is 11.8 Å². The van der Waals surface area contributed by atoms with Crippen molar-refractivity contribution >= 4 is 45.9 Å². The van der Waals surface area contributed by atoms with Gasteiger partial charge >= 0.3 is 5.97 Å². The molecule has 0 amide bonds. The topological polar surface area (TPSA) is 117 Å². The number of hydrogen-bond acceptors (Lipinski definition) is 8. The molecule has 2 aliphatic heterocycles. The SMILES string of the molecule is C[C@]1(c2ccc(Cl)cn2)Oc2cccc(N3CCN(Cc4nc5c(Cl)cc(C(=O)O)cc5n4CC4(CC#N)CC4)[C@H]4CC[C@@H]43)c2O1. The van der Waals surface area contributed by atoms with Crippen molar-refractivity contribution in [1.29, 1.82) is 5.26 Å². The molecule has 2 aromatic carbocycles. The summed E-state index contributed by atoms with van der Waals surface area (Å²) in [6.45, 7) is 4.70. The molecule has 4 aliphatic rings. The summed E-state index contributed by atoms with van der Waals surface area (Å²) in [5.41, 5.74) is 3.00. The minimum atomic E-state index is -1.06. The van der Waals surface area contributed by atoms with E-state index >= 15 is 0 Å². The van der Waals surface area contributed by atoms with Crippen LogP contribution in [0, 0.1) is 16.7 Å². The van der Waals surface area contributed by atoms with E-state index in [1.165, 1.54) is 6.07 Å². The zero-order valence-corrected chi connectivity index (χ0v) is 26.8. The Hall–Kier alpha value is -4.04. The molecule has 4 heterocycles. The first-order valence-electron chi connectivity index (χ1n) is 15.6. The number of aromatic carboxylic acids is 1. The summed E-state index contributed by atoms with van der Waals surface area (Å²) >= 11 is 12.7. The lowest BCUT2D eigenvalue weighted by atomic mass is 9.81. The van der Waals surface area contributed by atoms with Gasteiger partial charge in [0.2, 0.25) is 0 Å². The van der Waals surface area contributed by atoms with Crippen LogP contribution in [-0.4, -0.2) is 55.7 Å². The molecule has 12 heteroatoms. The van der Waals surface area contributed by atoms with Crippen molar-refractivity contribution < 1.29 is 19.4 Å². The number of halogens is 2. The van der Waals surface area contributed by atoms with Crippen molar-refractivity contribution in [3.63, 3.8) is 0 Å². The van der Waals surface area contributed by atoms with E-state index in [4.69, 9.17) is 37.7 Å². The minimum Gasteiger partial charge on any atom is -0.478 e. The van der Waals surface area contributed by atoms with Crippen molar-refractivity contribution in [2.45, 2.75) is 70.0 Å². The molecule has 1 N–H and O–H groups in total. The van der Waals surface area contributed by atoms with Crippen molar-refractivity contribution in [3.8, 4) is 17.6 Å². The number of benzene rings is 2. The number of carboxylic acids is 1. The highest BCUT2D eigenvalue weighted by Crippen LogP contribution is 2.52. The first-order valence-corrected chi connectivity index (χ1v) is 16.4. The van der Waals surface area contributed by atoms with Gasteiger partial charge in [-0.3, -0.25) is 9.88 Å². The van der Waals surface area contributed by atoms with E-state index in [0.29, 0.717) is 58.1 Å². The fourth-order valence-corrected chi connectivity index (χ4v) is 7.68. The molecule has 2 aliphatic carbocycles. The second-order valence-electron chi connectivity index (χ2n) is 13.1. The van der Waals surface area contributed by atoms with E-state index in [1.54, 1.807) is 18.3 Å². The number of piperazine rings is 1. The number of fused-ring (bicyclic) bond motifs is 3. The van der Waals surface area contributed by atoms with Gasteiger partial charge in [-0.2, -0.15) is 5.26 Å². The lowest BCUT2D eigenvalue weighted by molar-refractivity contribution is -0.0717. The predicted octanol–water partition coefficient (Wildman–Crippen LogP) is 6.63. The van der Waals surface area contributed by atoms with Gasteiger partial charge in [0.1, 0.15) is 17.0 Å². The summed E-state index contributed by atoms with van der Waals surface area (Å²) in [6.07, 6.45) is 6.10. The van der Waals surface area contributed by atoms with Crippen molar-refractivity contribution in [2.75, 3.05) is 18.0 Å². The van der Waals surface area contributed by atoms with Crippen molar-refractivity contribution in [3.05, 3.63) is 75.8 Å². The quantitative estimate of drug-likeness (QED) is 0.223. The van der Waals surface area contributed by atoms with Crippen LogP contribution in [0.15, 0.2) is 48.7 Å². The first-order chi connectivity index (χ1) is 22.2. The number of ether oxygens (including phenoxy) is 2. The Morgan fingerprint density at radius 1 is 1.13 bits per heavy atom. The highest BCUT2D eigenvalue weighted by Gasteiger charge is 2.48. The maximum absolute atomic E-state index is 11.9. The molecule has 1 saturated heterocycles. The summed E-state index contributed by atoms with van der Waals surface area (Å²) in [7, 11) is 0. The number of para-hydroxylation sites is 1. The Morgan fingerprint density at radius 3 is 2.65 bits per heavy atom. The maximum Gasteiger partial charge on any atom is 0.335 e. The molecule has 0 radical (unpaired) electrons. The summed E-state index contributed by atoms with van der Waals surface area (Å²) in [4.78, 5) is 26.3. The van der Waals surface area contributed by atoms with Gasteiger partial charge in [0.15, 0.2) is 11.5 Å². The Bertz CT molecular complexity index is 1920. The van der Waals surface area contributed by atoms with E-state index in [-0.39, 0.29) is 17.0 Å². The third kappa shape index (κ3) is 4.84. The third-order valence-corrected chi connectivity index (χ3v) is 10.7. The van der Waals surface area contributed by atoms with Crippen LogP contribution in [-0.2, 0) is 18.9 Å². The number of carbonyl (C=O) groups is 1. The van der Waals surface area contributed by atoms with E-state index in [2.05, 4.69) is 31.5 Å². The van der Waals surface area contributed by atoms with Crippen LogP contribution < -0.4 is 14.4 Å². The standard InChI is InChI=1S/C34H32Cl2N6O4/c1-33(28-8-5-21(35)17-38-28)45-27-4-2-3-25(31(27)46-33)41-14-13-40(23-6-7-24(23)41)18-29-39-30-22(36)15-20(32(43)44)16-26(30)42(29)19-34(9-10-34)11-12-37/h2-5,8,15-17,23-24H,6-7,9-11,13-14,18-19H2,1H3,(H,43,44)/t23-,24-,33-/m0/s1. The smallest absolute Gasteiger partial charge is 0.335 e. The molecule has 0 bridgehead atoms. The lowest BCUT2D eigenvalue weighted by Crippen LogP contribution is -2.64. The zero-order valence-electron chi connectivity index (χ0n) is 25.2. The van der Waals surface area contributed by atoms with E-state index in [1.807, 2.05) is 25.1 Å². The van der Waals surface area contributed by atoms with Gasteiger partial charge in [0, 0.05) is 56.7 Å². The van der Waals surface area contributed by atoms with Crippen molar-refractivity contribution in [1.82, 2.24) is 19.4 Å². The number of hydrogen-bond donors (Lipinski definition) is 1. The monoisotopic (exact) mass is 658 g/mol. The Morgan fingerprint density at radius 2 is 1.96 bits per heavy atom. The summed E-state index contributed by atoms with van der Waals surface area (Å²) in [5.74, 6) is 0.170. The molecule has 8 rings (SSSR count). The number of carboxylic acid groups (broad SMARTS) is 1. The first kappa shape index (κ1) is 29.4. The van der Waals surface area contributed by atoms with E-state index in [9.17, 15) is 15.2 Å². The number of imidazole rings is 1. The number of anilines is 1. The van der Waals surface area contributed by atoms with Crippen LogP contribution >= 0.6 is 23.2 Å². The van der Waals surface area contributed by atoms with E-state index in [0.717, 1.165) is 56.0 Å². The molecule has 46 heavy (non-hydrogen) atoms. The molecule has 10 nitrogen and oxygen atoms in total. The summed E-state index contributed by atoms with van der Waals surface area (Å²) < 4.78 is 15.0. The van der Waals surface area contributed by atoms with Crippen LogP contribution in [0.3, 0.4) is 0 Å². The lowest BCUT2D eigenvalue weighted by Gasteiger charge is -2.54. The molecule has 0 unspecified atom stereocenters. The zero-order chi connectivity index (χ0) is 31.8. The molecular weight excluding hydrogens is 627 g/mol. The van der Waals surface area contributed by atoms with Crippen LogP contribution in [0.1, 0.15) is 60.9 Å². The molecule has 2 saturated carbocycles. The molecular formula is C34H32Cl2N6O4. The van der Waals surface area contributed by atoms with Crippen LogP contribution in [0.25, 0.3) is 11.0 Å². The molecule has 3 atom stereocenters. The number of pyridine rings is 1. The van der Waals surface area contributed by atoms with Crippen molar-refractivity contribution in [2.24, 2.45) is 5.41 Å². The normalized spacial score (nSPS) is 24.3. The van der Waals surface area contributed by atoms with Gasteiger partial charge < -0.3 is 24.0 Å². The van der Waals surface area contributed by atoms with Gasteiger partial charge in [-0.1, -0.05) is 29.3 Å². The Kier molecular flexibility index (Phi) is 6.87. The Labute approximate surface area is 276 Å². The average molecular weight is 660 g/mol. The minimum absolute atomic E-state index is 0.105. The fourth-order valence-electron chi connectivity index (χ4n) is 7.31. The van der Waals surface area contributed by atoms with Gasteiger partial charge in [0.05, 0.1) is 39.4 Å². The highest BCUT2D eigenvalue weighted by atomic mass is 35.5. The van der Waals surface area contributed by atoms with Crippen LogP contribution in [0.5, 0.6) is 11.5 Å². The summed E-state index contributed by atoms with van der Waals surface area (Å²) in [6, 6.07) is 15.7. The molecule has 3 fully saturated rings. The fraction of sp³-hybridized carbons (Fsp3) is 0.412. The number of rotatable bonds is 8. The summed E-state index contributed by atoms with van der Waals surface area (Å²) in [5, 5.41) is 20.1. The molecule has 4 aromatic rings. The molecule has 236 valence electrons. The molecule has 2 aromatic heterocycles. The second-order valence-corrected chi connectivity index (χ2v) is 13.9. The average Bonchev–Trinajstić information content (AvgIpc) is 3.54. The Balaban J connectivity index is 1.07. The largest absolute Gasteiger partial charge is 0.478 e.